The summed E-state index contributed by atoms with van der Waals surface area (Å²) in [5.41, 5.74) is 2.02. The van der Waals surface area contributed by atoms with Crippen molar-refractivity contribution >= 4 is 11.9 Å². The maximum Gasteiger partial charge on any atom is 0.342 e. The molecule has 104 valence electrons. The van der Waals surface area contributed by atoms with Gasteiger partial charge in [-0.2, -0.15) is 0 Å². The van der Waals surface area contributed by atoms with Crippen molar-refractivity contribution in [1.82, 2.24) is 0 Å². The molecule has 0 aliphatic carbocycles. The molecule has 4 nitrogen and oxygen atoms in total. The van der Waals surface area contributed by atoms with Gasteiger partial charge in [0.25, 0.3) is 5.79 Å². The van der Waals surface area contributed by atoms with E-state index in [4.69, 9.17) is 9.47 Å². The number of rotatable bonds is 1. The van der Waals surface area contributed by atoms with Gasteiger partial charge in [0.1, 0.15) is 0 Å². The molecule has 0 amide bonds. The van der Waals surface area contributed by atoms with Crippen LogP contribution in [-0.2, 0) is 20.1 Å². The zero-order valence-electron chi connectivity index (χ0n) is 11.1. The van der Waals surface area contributed by atoms with Crippen LogP contribution in [0.3, 0.4) is 0 Å². The van der Waals surface area contributed by atoms with Crippen molar-refractivity contribution in [3.05, 3.63) is 71.3 Å². The summed E-state index contributed by atoms with van der Waals surface area (Å²) in [5, 5.41) is 0. The van der Waals surface area contributed by atoms with Gasteiger partial charge in [-0.3, -0.25) is 4.79 Å². The summed E-state index contributed by atoms with van der Waals surface area (Å²) in [6.07, 6.45) is 0.200. The van der Waals surface area contributed by atoms with Crippen LogP contribution in [-0.4, -0.2) is 11.9 Å². The Morgan fingerprint density at radius 3 is 2.43 bits per heavy atom. The second-order valence-corrected chi connectivity index (χ2v) is 5.24. The molecular formula is C17H12O4. The Morgan fingerprint density at radius 2 is 1.62 bits per heavy atom. The lowest BCUT2D eigenvalue weighted by atomic mass is 9.85. The van der Waals surface area contributed by atoms with Crippen molar-refractivity contribution < 1.29 is 19.1 Å². The molecule has 0 unspecified atom stereocenters. The lowest BCUT2D eigenvalue weighted by molar-refractivity contribution is -0.193. The largest absolute Gasteiger partial charge is 0.417 e. The topological polar surface area (TPSA) is 52.6 Å². The van der Waals surface area contributed by atoms with Gasteiger partial charge in [-0.1, -0.05) is 48.5 Å². The van der Waals surface area contributed by atoms with Gasteiger partial charge < -0.3 is 9.47 Å². The molecule has 2 aromatic carbocycles. The third kappa shape index (κ3) is 1.62. The second kappa shape index (κ2) is 4.19. The summed E-state index contributed by atoms with van der Waals surface area (Å²) in [4.78, 5) is 24.0. The van der Waals surface area contributed by atoms with Crippen molar-refractivity contribution in [2.45, 2.75) is 18.1 Å². The Hall–Kier alpha value is -2.62. The number of esters is 2. The molecule has 4 rings (SSSR count). The van der Waals surface area contributed by atoms with E-state index in [1.165, 1.54) is 0 Å². The first-order chi connectivity index (χ1) is 10.2. The van der Waals surface area contributed by atoms with E-state index in [1.54, 1.807) is 18.2 Å². The predicted octanol–water partition coefficient (Wildman–Crippen LogP) is 2.74. The molecule has 2 atom stereocenters. The molecule has 2 aliphatic heterocycles. The van der Waals surface area contributed by atoms with Crippen LogP contribution in [0.25, 0.3) is 0 Å². The summed E-state index contributed by atoms with van der Waals surface area (Å²) >= 11 is 0. The number of carbonyl (C=O) groups excluding carboxylic acids is 2. The molecule has 4 heteroatoms. The van der Waals surface area contributed by atoms with Crippen molar-refractivity contribution in [3.63, 3.8) is 0 Å². The summed E-state index contributed by atoms with van der Waals surface area (Å²) in [5.74, 6) is -2.43. The maximum atomic E-state index is 12.1. The SMILES string of the molecule is O=C1C[C@H](c2ccccc2)[C@@]2(O1)OC(=O)c1ccccc12. The van der Waals surface area contributed by atoms with Gasteiger partial charge in [0.2, 0.25) is 0 Å². The van der Waals surface area contributed by atoms with Crippen LogP contribution < -0.4 is 0 Å². The first-order valence-electron chi connectivity index (χ1n) is 6.80. The summed E-state index contributed by atoms with van der Waals surface area (Å²) in [7, 11) is 0. The fraction of sp³-hybridized carbons (Fsp3) is 0.176. The summed E-state index contributed by atoms with van der Waals surface area (Å²) in [6.45, 7) is 0. The summed E-state index contributed by atoms with van der Waals surface area (Å²) in [6, 6.07) is 16.6. The van der Waals surface area contributed by atoms with Crippen molar-refractivity contribution in [3.8, 4) is 0 Å². The predicted molar refractivity (Wildman–Crippen MR) is 73.4 cm³/mol. The monoisotopic (exact) mass is 280 g/mol. The molecule has 1 saturated heterocycles. The van der Waals surface area contributed by atoms with E-state index in [2.05, 4.69) is 0 Å². The molecular weight excluding hydrogens is 268 g/mol. The van der Waals surface area contributed by atoms with E-state index in [9.17, 15) is 9.59 Å². The van der Waals surface area contributed by atoms with Gasteiger partial charge in [0.05, 0.1) is 23.5 Å². The number of hydrogen-bond donors (Lipinski definition) is 0. The standard InChI is InChI=1S/C17H12O4/c18-15-10-14(11-6-2-1-3-7-11)17(20-15)13-9-5-4-8-12(13)16(19)21-17/h1-9,14H,10H2/t14-,17+/m1/s1. The smallest absolute Gasteiger partial charge is 0.342 e. The minimum absolute atomic E-state index is 0.200. The zero-order valence-corrected chi connectivity index (χ0v) is 11.1. The highest BCUT2D eigenvalue weighted by molar-refractivity contribution is 5.95. The molecule has 21 heavy (non-hydrogen) atoms. The van der Waals surface area contributed by atoms with Gasteiger partial charge in [0.15, 0.2) is 0 Å². The average molecular weight is 280 g/mol. The Balaban J connectivity index is 1.90. The highest BCUT2D eigenvalue weighted by Crippen LogP contribution is 2.52. The van der Waals surface area contributed by atoms with Crippen molar-refractivity contribution in [2.24, 2.45) is 0 Å². The van der Waals surface area contributed by atoms with E-state index < -0.39 is 11.8 Å². The molecule has 0 radical (unpaired) electrons. The van der Waals surface area contributed by atoms with Gasteiger partial charge >= 0.3 is 11.9 Å². The fourth-order valence-corrected chi connectivity index (χ4v) is 3.15. The highest BCUT2D eigenvalue weighted by Gasteiger charge is 2.59. The van der Waals surface area contributed by atoms with Crippen LogP contribution in [0.15, 0.2) is 54.6 Å². The molecule has 2 aliphatic rings. The second-order valence-electron chi connectivity index (χ2n) is 5.24. The van der Waals surface area contributed by atoms with Crippen molar-refractivity contribution in [2.75, 3.05) is 0 Å². The number of carbonyl (C=O) groups is 2. The lowest BCUT2D eigenvalue weighted by Gasteiger charge is -2.28. The molecule has 0 saturated carbocycles. The molecule has 0 N–H and O–H groups in total. The maximum absolute atomic E-state index is 12.1. The minimum Gasteiger partial charge on any atom is -0.417 e. The van der Waals surface area contributed by atoms with Crippen LogP contribution in [0.5, 0.6) is 0 Å². The molecule has 2 aromatic rings. The Bertz CT molecular complexity index is 737. The quantitative estimate of drug-likeness (QED) is 0.754. The van der Waals surface area contributed by atoms with Crippen LogP contribution in [0.2, 0.25) is 0 Å². The summed E-state index contributed by atoms with van der Waals surface area (Å²) < 4.78 is 11.0. The normalized spacial score (nSPS) is 26.6. The third-order valence-corrected chi connectivity index (χ3v) is 4.06. The number of ether oxygens (including phenoxy) is 2. The highest BCUT2D eigenvalue weighted by atomic mass is 16.7. The first-order valence-corrected chi connectivity index (χ1v) is 6.80. The third-order valence-electron chi connectivity index (χ3n) is 4.06. The van der Waals surface area contributed by atoms with Crippen LogP contribution in [0.4, 0.5) is 0 Å². The number of fused-ring (bicyclic) bond motifs is 2. The van der Waals surface area contributed by atoms with E-state index in [1.807, 2.05) is 36.4 Å². The van der Waals surface area contributed by atoms with Gasteiger partial charge in [-0.25, -0.2) is 4.79 Å². The van der Waals surface area contributed by atoms with E-state index >= 15 is 0 Å². The molecule has 0 aromatic heterocycles. The van der Waals surface area contributed by atoms with E-state index in [0.29, 0.717) is 11.1 Å². The van der Waals surface area contributed by atoms with E-state index in [-0.39, 0.29) is 18.3 Å². The zero-order chi connectivity index (χ0) is 14.4. The number of hydrogen-bond acceptors (Lipinski definition) is 4. The minimum atomic E-state index is -1.31. The molecule has 0 bridgehead atoms. The van der Waals surface area contributed by atoms with E-state index in [0.717, 1.165) is 5.56 Å². The average Bonchev–Trinajstić information content (AvgIpc) is 2.99. The van der Waals surface area contributed by atoms with Crippen LogP contribution in [0, 0.1) is 0 Å². The Kier molecular flexibility index (Phi) is 2.42. The molecule has 1 spiro atoms. The molecule has 1 fully saturated rings. The van der Waals surface area contributed by atoms with Crippen LogP contribution in [0.1, 0.15) is 33.8 Å². The van der Waals surface area contributed by atoms with Gasteiger partial charge in [0, 0.05) is 0 Å². The molecule has 2 heterocycles. The fourth-order valence-electron chi connectivity index (χ4n) is 3.15. The Morgan fingerprint density at radius 1 is 0.905 bits per heavy atom. The van der Waals surface area contributed by atoms with Gasteiger partial charge in [-0.05, 0) is 11.6 Å². The van der Waals surface area contributed by atoms with Crippen molar-refractivity contribution in [1.29, 1.82) is 0 Å². The van der Waals surface area contributed by atoms with Gasteiger partial charge in [-0.15, -0.1) is 0 Å². The van der Waals surface area contributed by atoms with Crippen LogP contribution >= 0.6 is 0 Å². The number of benzene rings is 2. The Labute approximate surface area is 121 Å². The first kappa shape index (κ1) is 12.1. The lowest BCUT2D eigenvalue weighted by Crippen LogP contribution is -2.31.